The Labute approximate surface area is 135 Å². The average molecular weight is 315 g/mol. The van der Waals surface area contributed by atoms with Crippen molar-refractivity contribution in [2.24, 2.45) is 5.92 Å². The highest BCUT2D eigenvalue weighted by Gasteiger charge is 2.28. The summed E-state index contributed by atoms with van der Waals surface area (Å²) in [6.45, 7) is 2.06. The molecule has 0 spiro atoms. The Bertz CT molecular complexity index is 662. The fourth-order valence-corrected chi connectivity index (χ4v) is 2.47. The number of rotatable bonds is 7. The molecule has 1 aromatic heterocycles. The molecule has 122 valence electrons. The van der Waals surface area contributed by atoms with E-state index in [4.69, 9.17) is 9.26 Å². The van der Waals surface area contributed by atoms with Gasteiger partial charge in [-0.15, -0.1) is 0 Å². The van der Waals surface area contributed by atoms with Crippen LogP contribution >= 0.6 is 0 Å². The van der Waals surface area contributed by atoms with E-state index < -0.39 is 0 Å². The third-order valence-corrected chi connectivity index (χ3v) is 4.10. The molecule has 1 atom stereocenters. The first-order valence-electron chi connectivity index (χ1n) is 7.92. The highest BCUT2D eigenvalue weighted by Crippen LogP contribution is 2.32. The molecule has 3 rings (SSSR count). The maximum atomic E-state index is 11.9. The van der Waals surface area contributed by atoms with E-state index in [1.807, 2.05) is 24.3 Å². The summed E-state index contributed by atoms with van der Waals surface area (Å²) in [5, 5.41) is 6.98. The number of hydrogen-bond acceptors (Lipinski definition) is 5. The van der Waals surface area contributed by atoms with Gasteiger partial charge in [-0.3, -0.25) is 4.79 Å². The third-order valence-electron chi connectivity index (χ3n) is 4.10. The number of nitrogens with zero attached hydrogens (tertiary/aromatic N) is 2. The summed E-state index contributed by atoms with van der Waals surface area (Å²) in [5.74, 6) is 2.47. The Morgan fingerprint density at radius 2 is 2.13 bits per heavy atom. The molecule has 1 fully saturated rings. The van der Waals surface area contributed by atoms with Gasteiger partial charge in [0.1, 0.15) is 5.75 Å². The van der Waals surface area contributed by atoms with Crippen LogP contribution in [-0.4, -0.2) is 29.2 Å². The summed E-state index contributed by atoms with van der Waals surface area (Å²) in [6, 6.07) is 7.70. The zero-order valence-corrected chi connectivity index (χ0v) is 13.4. The van der Waals surface area contributed by atoms with Gasteiger partial charge in [0.25, 0.3) is 0 Å². The van der Waals surface area contributed by atoms with Gasteiger partial charge in [-0.2, -0.15) is 4.98 Å². The van der Waals surface area contributed by atoms with Crippen LogP contribution in [0.3, 0.4) is 0 Å². The van der Waals surface area contributed by atoms with Crippen molar-refractivity contribution in [3.8, 4) is 17.1 Å². The Kier molecular flexibility index (Phi) is 4.60. The predicted octanol–water partition coefficient (Wildman–Crippen LogP) is 2.59. The van der Waals surface area contributed by atoms with Crippen molar-refractivity contribution in [2.45, 2.75) is 38.6 Å². The van der Waals surface area contributed by atoms with Crippen LogP contribution in [0.15, 0.2) is 28.8 Å². The molecule has 1 aliphatic rings. The Morgan fingerprint density at radius 1 is 1.39 bits per heavy atom. The first-order chi connectivity index (χ1) is 11.2. The van der Waals surface area contributed by atoms with E-state index in [9.17, 15) is 4.79 Å². The van der Waals surface area contributed by atoms with Crippen LogP contribution in [0.25, 0.3) is 11.4 Å². The Morgan fingerprint density at radius 3 is 2.78 bits per heavy atom. The van der Waals surface area contributed by atoms with Gasteiger partial charge in [0.2, 0.25) is 17.6 Å². The highest BCUT2D eigenvalue weighted by atomic mass is 16.5. The molecule has 2 aromatic rings. The van der Waals surface area contributed by atoms with Gasteiger partial charge < -0.3 is 14.6 Å². The summed E-state index contributed by atoms with van der Waals surface area (Å²) < 4.78 is 10.3. The van der Waals surface area contributed by atoms with Crippen LogP contribution in [0, 0.1) is 5.92 Å². The van der Waals surface area contributed by atoms with E-state index in [0.717, 1.165) is 11.3 Å². The summed E-state index contributed by atoms with van der Waals surface area (Å²) in [4.78, 5) is 16.2. The fraction of sp³-hybridized carbons (Fsp3) is 0.471. The molecule has 0 aliphatic heterocycles. The summed E-state index contributed by atoms with van der Waals surface area (Å²) >= 11 is 0. The number of carbonyl (C=O) groups excluding carboxylic acids is 1. The number of hydrogen-bond donors (Lipinski definition) is 1. The molecule has 0 bridgehead atoms. The Balaban J connectivity index is 1.53. The summed E-state index contributed by atoms with van der Waals surface area (Å²) in [7, 11) is 1.62. The Hall–Kier alpha value is -2.37. The van der Waals surface area contributed by atoms with Gasteiger partial charge in [-0.25, -0.2) is 0 Å². The molecule has 1 aliphatic carbocycles. The predicted molar refractivity (Wildman–Crippen MR) is 84.9 cm³/mol. The van der Waals surface area contributed by atoms with Crippen molar-refractivity contribution >= 4 is 5.91 Å². The van der Waals surface area contributed by atoms with Crippen molar-refractivity contribution in [3.63, 3.8) is 0 Å². The van der Waals surface area contributed by atoms with Gasteiger partial charge in [0.15, 0.2) is 0 Å². The van der Waals surface area contributed by atoms with E-state index in [2.05, 4.69) is 22.4 Å². The normalized spacial score (nSPS) is 15.2. The quantitative estimate of drug-likeness (QED) is 0.850. The third kappa shape index (κ3) is 4.09. The molecule has 1 N–H and O–H groups in total. The SMILES string of the molecule is COc1ccc(-c2noc(CCC(=O)N[C@H](C)C3CC3)n2)cc1. The monoisotopic (exact) mass is 315 g/mol. The van der Waals surface area contributed by atoms with Gasteiger partial charge in [0, 0.05) is 24.4 Å². The number of benzene rings is 1. The highest BCUT2D eigenvalue weighted by molar-refractivity contribution is 5.76. The van der Waals surface area contributed by atoms with E-state index >= 15 is 0 Å². The topological polar surface area (TPSA) is 77.2 Å². The smallest absolute Gasteiger partial charge is 0.227 e. The molecule has 0 radical (unpaired) electrons. The molecular formula is C17H21N3O3. The van der Waals surface area contributed by atoms with Gasteiger partial charge in [-0.05, 0) is 49.9 Å². The standard InChI is InChI=1S/C17H21N3O3/c1-11(12-3-4-12)18-15(21)9-10-16-19-17(20-23-16)13-5-7-14(22-2)8-6-13/h5-8,11-12H,3-4,9-10H2,1-2H3,(H,18,21)/t11-/m1/s1. The lowest BCUT2D eigenvalue weighted by Gasteiger charge is -2.11. The minimum absolute atomic E-state index is 0.0357. The number of ether oxygens (including phenoxy) is 1. The maximum absolute atomic E-state index is 11.9. The molecule has 1 aromatic carbocycles. The molecular weight excluding hydrogens is 294 g/mol. The largest absolute Gasteiger partial charge is 0.497 e. The van der Waals surface area contributed by atoms with Crippen LogP contribution in [0.2, 0.25) is 0 Å². The van der Waals surface area contributed by atoms with Crippen molar-refractivity contribution in [1.82, 2.24) is 15.5 Å². The zero-order valence-electron chi connectivity index (χ0n) is 13.4. The van der Waals surface area contributed by atoms with Crippen LogP contribution in [0.1, 0.15) is 32.1 Å². The lowest BCUT2D eigenvalue weighted by molar-refractivity contribution is -0.121. The molecule has 6 heteroatoms. The lowest BCUT2D eigenvalue weighted by atomic mass is 10.2. The van der Waals surface area contributed by atoms with Crippen molar-refractivity contribution in [2.75, 3.05) is 7.11 Å². The second kappa shape index (κ2) is 6.81. The second-order valence-corrected chi connectivity index (χ2v) is 5.93. The molecule has 1 heterocycles. The van der Waals surface area contributed by atoms with Gasteiger partial charge in [-0.1, -0.05) is 5.16 Å². The van der Waals surface area contributed by atoms with Gasteiger partial charge >= 0.3 is 0 Å². The number of amides is 1. The molecule has 6 nitrogen and oxygen atoms in total. The van der Waals surface area contributed by atoms with Crippen LogP contribution in [-0.2, 0) is 11.2 Å². The van der Waals surface area contributed by atoms with E-state index in [1.165, 1.54) is 12.8 Å². The van der Waals surface area contributed by atoms with Crippen molar-refractivity contribution in [3.05, 3.63) is 30.2 Å². The first kappa shape index (κ1) is 15.5. The molecule has 1 amide bonds. The zero-order chi connectivity index (χ0) is 16.2. The van der Waals surface area contributed by atoms with Crippen LogP contribution in [0.5, 0.6) is 5.75 Å². The summed E-state index contributed by atoms with van der Waals surface area (Å²) in [6.07, 6.45) is 3.25. The minimum Gasteiger partial charge on any atom is -0.497 e. The van der Waals surface area contributed by atoms with E-state index in [-0.39, 0.29) is 11.9 Å². The molecule has 0 unspecified atom stereocenters. The number of carbonyl (C=O) groups is 1. The van der Waals surface area contributed by atoms with Crippen LogP contribution in [0.4, 0.5) is 0 Å². The fourth-order valence-electron chi connectivity index (χ4n) is 2.47. The number of aromatic nitrogens is 2. The minimum atomic E-state index is 0.0357. The molecule has 23 heavy (non-hydrogen) atoms. The molecule has 0 saturated heterocycles. The lowest BCUT2D eigenvalue weighted by Crippen LogP contribution is -2.34. The number of nitrogens with one attached hydrogen (secondary N) is 1. The first-order valence-corrected chi connectivity index (χ1v) is 7.92. The number of aryl methyl sites for hydroxylation is 1. The second-order valence-electron chi connectivity index (χ2n) is 5.93. The van der Waals surface area contributed by atoms with Gasteiger partial charge in [0.05, 0.1) is 7.11 Å². The number of methoxy groups -OCH3 is 1. The maximum Gasteiger partial charge on any atom is 0.227 e. The average Bonchev–Trinajstić information content (AvgIpc) is 3.32. The summed E-state index contributed by atoms with van der Waals surface area (Å²) in [5.41, 5.74) is 0.854. The van der Waals surface area contributed by atoms with E-state index in [1.54, 1.807) is 7.11 Å². The van der Waals surface area contributed by atoms with Crippen LogP contribution < -0.4 is 10.1 Å². The molecule has 1 saturated carbocycles. The van der Waals surface area contributed by atoms with E-state index in [0.29, 0.717) is 30.5 Å². The van der Waals surface area contributed by atoms with Crippen molar-refractivity contribution < 1.29 is 14.1 Å². The van der Waals surface area contributed by atoms with Crippen molar-refractivity contribution in [1.29, 1.82) is 0 Å².